The van der Waals surface area contributed by atoms with Gasteiger partial charge < -0.3 is 66.3 Å². The lowest BCUT2D eigenvalue weighted by Gasteiger charge is -2.52. The SMILES string of the molecule is CCC1O[C@H](O[C@H]2C(CC)O[C@@H](O[C@H]3C(CC)O[C@@H](O[C@H]4C(C)C(C)[C@@H]5OC[C@@H]4O5)C(C)[C@H]3C)C(C)[C@H]2C)C(C)C(C)[C@@H]1O[C@H]1OC(CC)[C@@H](O[C@@H]2OC(CC)[C@H](O[C@@H]3OC(CC)[C@H](C)[C@H](C)C3C)[C@H](C)C2C)C(C)C1C. The van der Waals surface area contributed by atoms with Crippen LogP contribution in [0.4, 0.5) is 0 Å². The Kier molecular flexibility index (Phi) is 21.6. The van der Waals surface area contributed by atoms with Gasteiger partial charge in [-0.1, -0.05) is 145 Å². The first-order valence-electron chi connectivity index (χ1n) is 31.7. The third-order valence-electron chi connectivity index (χ3n) is 22.3. The molecule has 8 aliphatic heterocycles. The molecule has 8 rings (SSSR count). The summed E-state index contributed by atoms with van der Waals surface area (Å²) < 4.78 is 96.0. The van der Waals surface area contributed by atoms with E-state index in [2.05, 4.69) is 145 Å². The van der Waals surface area contributed by atoms with Gasteiger partial charge in [0.2, 0.25) is 0 Å². The molecule has 8 saturated heterocycles. The van der Waals surface area contributed by atoms with Crippen LogP contribution in [0.15, 0.2) is 0 Å². The van der Waals surface area contributed by atoms with Gasteiger partial charge in [-0.2, -0.15) is 0 Å². The fourth-order valence-corrected chi connectivity index (χ4v) is 14.8. The van der Waals surface area contributed by atoms with E-state index < -0.39 is 18.9 Å². The maximum absolute atomic E-state index is 7.18. The second-order valence-electron chi connectivity index (χ2n) is 26.6. The van der Waals surface area contributed by atoms with Crippen LogP contribution in [0.25, 0.3) is 0 Å². The molecule has 0 aromatic rings. The Morgan fingerprint density at radius 3 is 0.753 bits per heavy atom. The standard InChI is InChI=1S/C63H112O14/c1-22-44-30(8)29(7)37(15)58(65-44)72-51-32(10)39(17)59(66-45(51)23-2)73-52-33(11)40(18)60(67-46(52)24-3)74-53-34(12)41(19)61(68-47(53)25-4)75-54-35(13)42(20)62(69-48(54)26-5)76-55-36(14)43(21)63(70-49(55)27-6)77-56-31(9)38(16)57-64-28-50(56)71-57/h29-63H,22-28H2,1-21H3/t29-,30+,31?,32+,33?,34?,35+,36+,37?,38?,39?,40?,41?,42?,43?,44?,45?,46?,47?,48?,49?,50-,51+,52-,53-,54+,55+,56-,57+,58-,59-,60+,61+,62-,63-/m0/s1. The van der Waals surface area contributed by atoms with Crippen molar-refractivity contribution < 1.29 is 66.3 Å². The Balaban J connectivity index is 0.859. The van der Waals surface area contributed by atoms with Crippen LogP contribution in [0.5, 0.6) is 0 Å². The van der Waals surface area contributed by atoms with Crippen LogP contribution in [-0.4, -0.2) is 130 Å². The maximum atomic E-state index is 7.18. The summed E-state index contributed by atoms with van der Waals surface area (Å²) in [6.45, 7) is 47.8. The quantitative estimate of drug-likeness (QED) is 0.129. The third kappa shape index (κ3) is 12.5. The molecule has 0 aromatic heterocycles. The van der Waals surface area contributed by atoms with E-state index in [0.717, 1.165) is 38.5 Å². The lowest BCUT2D eigenvalue weighted by atomic mass is 9.78. The molecule has 8 aliphatic rings. The molecule has 0 aromatic carbocycles. The summed E-state index contributed by atoms with van der Waals surface area (Å²) in [5.41, 5.74) is 0. The third-order valence-corrected chi connectivity index (χ3v) is 22.3. The van der Waals surface area contributed by atoms with Crippen LogP contribution in [-0.2, 0) is 66.3 Å². The average Bonchev–Trinajstić information content (AvgIpc) is 3.94. The smallest absolute Gasteiger partial charge is 0.161 e. The predicted octanol–water partition coefficient (Wildman–Crippen LogP) is 12.4. The fraction of sp³-hybridized carbons (Fsp3) is 1.00. The summed E-state index contributed by atoms with van der Waals surface area (Å²) in [5, 5.41) is 0. The van der Waals surface area contributed by atoms with Crippen molar-refractivity contribution in [2.75, 3.05) is 6.61 Å². The molecule has 0 amide bonds. The molecule has 16 unspecified atom stereocenters. The maximum Gasteiger partial charge on any atom is 0.161 e. The fourth-order valence-electron chi connectivity index (χ4n) is 14.8. The lowest BCUT2D eigenvalue weighted by Crippen LogP contribution is -2.60. The highest BCUT2D eigenvalue weighted by Gasteiger charge is 2.55. The molecule has 8 fully saturated rings. The lowest BCUT2D eigenvalue weighted by molar-refractivity contribution is -0.369. The predicted molar refractivity (Wildman–Crippen MR) is 295 cm³/mol. The van der Waals surface area contributed by atoms with E-state index in [1.165, 1.54) is 0 Å². The Bertz CT molecular complexity index is 1800. The van der Waals surface area contributed by atoms with E-state index in [-0.39, 0.29) is 170 Å². The van der Waals surface area contributed by atoms with Crippen LogP contribution >= 0.6 is 0 Å². The van der Waals surface area contributed by atoms with Crippen molar-refractivity contribution >= 4 is 0 Å². The van der Waals surface area contributed by atoms with Crippen molar-refractivity contribution in [3.8, 4) is 0 Å². The number of hydrogen-bond donors (Lipinski definition) is 0. The van der Waals surface area contributed by atoms with Crippen LogP contribution in [0, 0.1) is 88.8 Å². The van der Waals surface area contributed by atoms with E-state index in [9.17, 15) is 0 Å². The van der Waals surface area contributed by atoms with Gasteiger partial charge in [0.25, 0.3) is 0 Å². The molecule has 14 nitrogen and oxygen atoms in total. The first kappa shape index (κ1) is 62.5. The highest BCUT2D eigenvalue weighted by molar-refractivity contribution is 4.97. The zero-order valence-electron chi connectivity index (χ0n) is 51.9. The molecule has 0 N–H and O–H groups in total. The van der Waals surface area contributed by atoms with E-state index >= 15 is 0 Å². The molecule has 0 spiro atoms. The van der Waals surface area contributed by atoms with E-state index in [4.69, 9.17) is 66.3 Å². The molecule has 2 bridgehead atoms. The van der Waals surface area contributed by atoms with Crippen molar-refractivity contribution in [2.45, 2.75) is 307 Å². The van der Waals surface area contributed by atoms with Crippen molar-refractivity contribution in [3.63, 3.8) is 0 Å². The van der Waals surface area contributed by atoms with Crippen LogP contribution in [0.1, 0.15) is 184 Å². The first-order valence-corrected chi connectivity index (χ1v) is 31.7. The first-order chi connectivity index (χ1) is 36.6. The number of rotatable bonds is 18. The number of hydrogen-bond acceptors (Lipinski definition) is 14. The summed E-state index contributed by atoms with van der Waals surface area (Å²) in [6.07, 6.45) is 1.26. The van der Waals surface area contributed by atoms with Gasteiger partial charge in [-0.3, -0.25) is 0 Å². The largest absolute Gasteiger partial charge is 0.350 e. The number of ether oxygens (including phenoxy) is 14. The highest BCUT2D eigenvalue weighted by atomic mass is 16.8. The molecule has 77 heavy (non-hydrogen) atoms. The minimum atomic E-state index is -0.415. The topological polar surface area (TPSA) is 129 Å². The summed E-state index contributed by atoms with van der Waals surface area (Å²) in [5.74, 6) is 3.11. The molecule has 8 heterocycles. The van der Waals surface area contributed by atoms with Crippen LogP contribution in [0.3, 0.4) is 0 Å². The molecule has 35 atom stereocenters. The zero-order chi connectivity index (χ0) is 56.1. The molecular weight excluding hydrogens is 981 g/mol. The summed E-state index contributed by atoms with van der Waals surface area (Å²) >= 11 is 0. The van der Waals surface area contributed by atoms with E-state index in [1.54, 1.807) is 0 Å². The average molecular weight is 1090 g/mol. The van der Waals surface area contributed by atoms with Crippen LogP contribution < -0.4 is 0 Å². The Labute approximate surface area is 467 Å². The van der Waals surface area contributed by atoms with Gasteiger partial charge >= 0.3 is 0 Å². The normalized spacial score (nSPS) is 54.6. The van der Waals surface area contributed by atoms with Gasteiger partial charge in [-0.05, 0) is 85.9 Å². The minimum Gasteiger partial charge on any atom is -0.350 e. The zero-order valence-corrected chi connectivity index (χ0v) is 51.9. The summed E-state index contributed by atoms with van der Waals surface area (Å²) in [6, 6.07) is 0. The van der Waals surface area contributed by atoms with Crippen molar-refractivity contribution in [1.29, 1.82) is 0 Å². The van der Waals surface area contributed by atoms with Gasteiger partial charge in [0.15, 0.2) is 44.0 Å². The molecule has 448 valence electrons. The van der Waals surface area contributed by atoms with E-state index in [1.807, 2.05) is 0 Å². The Morgan fingerprint density at radius 2 is 0.481 bits per heavy atom. The van der Waals surface area contributed by atoms with E-state index in [0.29, 0.717) is 30.3 Å². The van der Waals surface area contributed by atoms with Gasteiger partial charge in [0.1, 0.15) is 6.10 Å². The summed E-state index contributed by atoms with van der Waals surface area (Å²) in [4.78, 5) is 0. The molecule has 0 aliphatic carbocycles. The molecular formula is C63H112O14. The van der Waals surface area contributed by atoms with Crippen molar-refractivity contribution in [2.24, 2.45) is 88.8 Å². The van der Waals surface area contributed by atoms with Gasteiger partial charge in [0.05, 0.1) is 79.9 Å². The van der Waals surface area contributed by atoms with Crippen molar-refractivity contribution in [3.05, 3.63) is 0 Å². The van der Waals surface area contributed by atoms with Crippen molar-refractivity contribution in [1.82, 2.24) is 0 Å². The number of fused-ring (bicyclic) bond motifs is 2. The Hall–Kier alpha value is -0.560. The highest BCUT2D eigenvalue weighted by Crippen LogP contribution is 2.48. The molecule has 0 saturated carbocycles. The molecule has 14 heteroatoms. The Morgan fingerprint density at radius 1 is 0.247 bits per heavy atom. The second-order valence-corrected chi connectivity index (χ2v) is 26.6. The monoisotopic (exact) mass is 1090 g/mol. The summed E-state index contributed by atoms with van der Waals surface area (Å²) in [7, 11) is 0. The molecule has 0 radical (unpaired) electrons. The van der Waals surface area contributed by atoms with Gasteiger partial charge in [0, 0.05) is 41.4 Å². The van der Waals surface area contributed by atoms with Gasteiger partial charge in [-0.15, -0.1) is 0 Å². The minimum absolute atomic E-state index is 0.0570. The van der Waals surface area contributed by atoms with Crippen LogP contribution in [0.2, 0.25) is 0 Å². The van der Waals surface area contributed by atoms with Gasteiger partial charge in [-0.25, -0.2) is 0 Å². The second kappa shape index (κ2) is 26.6.